The van der Waals surface area contributed by atoms with Crippen LogP contribution in [0.1, 0.15) is 30.0 Å². The minimum atomic E-state index is -4.23. The first-order valence-electron chi connectivity index (χ1n) is 12.9. The average Bonchev–Trinajstić information content (AvgIpc) is 3.33. The van der Waals surface area contributed by atoms with Crippen LogP contribution in [0.3, 0.4) is 0 Å². The summed E-state index contributed by atoms with van der Waals surface area (Å²) in [5.41, 5.74) is 6.77. The van der Waals surface area contributed by atoms with Crippen molar-refractivity contribution in [2.24, 2.45) is 0 Å². The van der Waals surface area contributed by atoms with E-state index in [9.17, 15) is 23.1 Å². The van der Waals surface area contributed by atoms with Gasteiger partial charge in [-0.3, -0.25) is 4.79 Å². The van der Waals surface area contributed by atoms with Crippen LogP contribution < -0.4 is 15.5 Å². The maximum absolute atomic E-state index is 13.4. The van der Waals surface area contributed by atoms with Gasteiger partial charge in [-0.05, 0) is 42.1 Å². The van der Waals surface area contributed by atoms with Crippen LogP contribution in [0.2, 0.25) is 0 Å². The summed E-state index contributed by atoms with van der Waals surface area (Å²) in [6, 6.07) is 18.5. The number of fused-ring (bicyclic) bond motifs is 6. The van der Waals surface area contributed by atoms with Crippen molar-refractivity contribution in [1.82, 2.24) is 9.55 Å². The molecule has 206 valence electrons. The second kappa shape index (κ2) is 8.63. The maximum atomic E-state index is 13.4. The molecule has 2 aromatic heterocycles. The number of benzene rings is 3. The Morgan fingerprint density at radius 1 is 1.07 bits per heavy atom. The third-order valence-corrected chi connectivity index (χ3v) is 9.21. The Hall–Kier alpha value is -4.74. The number of ether oxygens (including phenoxy) is 1. The Bertz CT molecular complexity index is 2130. The Balaban J connectivity index is 1.32. The van der Waals surface area contributed by atoms with Crippen LogP contribution in [0.15, 0.2) is 76.4 Å². The number of rotatable bonds is 4. The lowest BCUT2D eigenvalue weighted by Gasteiger charge is -2.31. The smallest absolute Gasteiger partial charge is 0.343 e. The molecule has 1 atom stereocenters. The Morgan fingerprint density at radius 2 is 1.85 bits per heavy atom. The van der Waals surface area contributed by atoms with Gasteiger partial charge in [0, 0.05) is 21.9 Å². The SMILES string of the molecule is CC[C@@]1(O)C(=O)OCc2c1cc1n(c2=O)Cc2cc3c(N)c(OS(=O)(=O)c4cccc5ccccc45)ccc3nc2-1. The molecule has 7 rings (SSSR count). The number of pyridine rings is 2. The highest BCUT2D eigenvalue weighted by Gasteiger charge is 2.45. The summed E-state index contributed by atoms with van der Waals surface area (Å²) in [6.45, 7) is 1.60. The molecule has 0 unspecified atom stereocenters. The van der Waals surface area contributed by atoms with Crippen LogP contribution in [-0.2, 0) is 38.4 Å². The molecule has 11 heteroatoms. The summed E-state index contributed by atoms with van der Waals surface area (Å²) >= 11 is 0. The molecule has 2 aliphatic rings. The molecule has 5 aromatic rings. The zero-order valence-electron chi connectivity index (χ0n) is 21.7. The molecule has 2 aliphatic heterocycles. The second-order valence-electron chi connectivity index (χ2n) is 10.2. The van der Waals surface area contributed by atoms with Crippen LogP contribution in [-0.4, -0.2) is 29.0 Å². The Morgan fingerprint density at radius 3 is 2.66 bits per heavy atom. The van der Waals surface area contributed by atoms with Gasteiger partial charge >= 0.3 is 16.1 Å². The van der Waals surface area contributed by atoms with Crippen molar-refractivity contribution < 1.29 is 27.2 Å². The van der Waals surface area contributed by atoms with E-state index in [1.54, 1.807) is 43.3 Å². The number of esters is 1. The van der Waals surface area contributed by atoms with Crippen LogP contribution in [0.4, 0.5) is 5.69 Å². The topological polar surface area (TPSA) is 151 Å². The van der Waals surface area contributed by atoms with E-state index in [-0.39, 0.29) is 52.6 Å². The predicted molar refractivity (Wildman–Crippen MR) is 151 cm³/mol. The summed E-state index contributed by atoms with van der Waals surface area (Å²) in [5.74, 6) is -0.834. The molecule has 0 aliphatic carbocycles. The molecule has 0 bridgehead atoms. The fourth-order valence-corrected chi connectivity index (χ4v) is 6.88. The van der Waals surface area contributed by atoms with E-state index in [1.807, 2.05) is 18.2 Å². The van der Waals surface area contributed by atoms with Crippen molar-refractivity contribution in [3.05, 3.63) is 93.8 Å². The number of aromatic nitrogens is 2. The lowest BCUT2D eigenvalue weighted by atomic mass is 9.86. The van der Waals surface area contributed by atoms with E-state index in [0.29, 0.717) is 33.2 Å². The van der Waals surface area contributed by atoms with E-state index in [2.05, 4.69) is 0 Å². The summed E-state index contributed by atoms with van der Waals surface area (Å²) in [4.78, 5) is 30.6. The maximum Gasteiger partial charge on any atom is 0.343 e. The lowest BCUT2D eigenvalue weighted by molar-refractivity contribution is -0.172. The zero-order chi connectivity index (χ0) is 28.7. The number of carbonyl (C=O) groups is 1. The van der Waals surface area contributed by atoms with Gasteiger partial charge in [0.1, 0.15) is 11.5 Å². The third kappa shape index (κ3) is 3.59. The van der Waals surface area contributed by atoms with E-state index < -0.39 is 21.7 Å². The van der Waals surface area contributed by atoms with Gasteiger partial charge in [0.2, 0.25) is 0 Å². The van der Waals surface area contributed by atoms with E-state index in [1.165, 1.54) is 16.7 Å². The number of cyclic esters (lactones) is 1. The standard InChI is InChI=1S/C30H23N3O7S/c1-2-30(36)21-13-23-27-17(14-33(23)28(34)20(21)15-39-29(30)35)12-19-22(32-27)10-11-24(26(19)31)40-41(37,38)25-9-5-7-16-6-3-4-8-18(16)25/h3-13,36H,2,14-15,31H2,1H3/t30-/m0/s1. The quantitative estimate of drug-likeness (QED) is 0.184. The summed E-state index contributed by atoms with van der Waals surface area (Å²) in [7, 11) is -4.23. The van der Waals surface area contributed by atoms with E-state index >= 15 is 0 Å². The fraction of sp³-hybridized carbons (Fsp3) is 0.167. The number of hydrogen-bond acceptors (Lipinski definition) is 9. The number of hydrogen-bond donors (Lipinski definition) is 2. The second-order valence-corrected chi connectivity index (χ2v) is 11.7. The van der Waals surface area contributed by atoms with Gasteiger partial charge in [-0.15, -0.1) is 0 Å². The summed E-state index contributed by atoms with van der Waals surface area (Å²) in [6.07, 6.45) is 0.0424. The zero-order valence-corrected chi connectivity index (χ0v) is 22.6. The van der Waals surface area contributed by atoms with Crippen molar-refractivity contribution in [3.63, 3.8) is 0 Å². The van der Waals surface area contributed by atoms with Crippen molar-refractivity contribution in [2.45, 2.75) is 37.0 Å². The molecule has 0 spiro atoms. The number of aliphatic hydroxyl groups is 1. The molecule has 41 heavy (non-hydrogen) atoms. The highest BCUT2D eigenvalue weighted by atomic mass is 32.2. The first-order chi connectivity index (χ1) is 19.6. The van der Waals surface area contributed by atoms with Crippen LogP contribution >= 0.6 is 0 Å². The number of carbonyl (C=O) groups excluding carboxylic acids is 1. The third-order valence-electron chi connectivity index (χ3n) is 7.91. The van der Waals surface area contributed by atoms with Crippen molar-refractivity contribution in [1.29, 1.82) is 0 Å². The molecular formula is C30H23N3O7S. The number of anilines is 1. The molecule has 3 aromatic carbocycles. The van der Waals surface area contributed by atoms with Gasteiger partial charge in [-0.1, -0.05) is 43.3 Å². The Kier molecular flexibility index (Phi) is 5.31. The molecule has 0 fully saturated rings. The van der Waals surface area contributed by atoms with Gasteiger partial charge in [0.05, 0.1) is 34.7 Å². The molecular weight excluding hydrogens is 546 g/mol. The van der Waals surface area contributed by atoms with Crippen LogP contribution in [0.5, 0.6) is 5.75 Å². The highest BCUT2D eigenvalue weighted by Crippen LogP contribution is 2.40. The van der Waals surface area contributed by atoms with Gasteiger partial charge < -0.3 is 24.3 Å². The lowest BCUT2D eigenvalue weighted by Crippen LogP contribution is -2.44. The number of nitrogens with two attached hydrogens (primary N) is 1. The van der Waals surface area contributed by atoms with Crippen molar-refractivity contribution >= 4 is 43.5 Å². The van der Waals surface area contributed by atoms with Crippen molar-refractivity contribution in [2.75, 3.05) is 5.73 Å². The molecule has 0 saturated heterocycles. The van der Waals surface area contributed by atoms with Crippen LogP contribution in [0.25, 0.3) is 33.1 Å². The number of nitrogens with zero attached hydrogens (tertiary/aromatic N) is 2. The number of nitrogen functional groups attached to an aromatic ring is 1. The largest absolute Gasteiger partial charge is 0.458 e. The predicted octanol–water partition coefficient (Wildman–Crippen LogP) is 3.58. The summed E-state index contributed by atoms with van der Waals surface area (Å²) in [5, 5.41) is 12.8. The average molecular weight is 570 g/mol. The van der Waals surface area contributed by atoms with Gasteiger partial charge in [0.15, 0.2) is 11.4 Å². The van der Waals surface area contributed by atoms with Gasteiger partial charge in [-0.25, -0.2) is 9.78 Å². The molecule has 0 radical (unpaired) electrons. The molecule has 4 heterocycles. The molecule has 0 amide bonds. The normalized spacial score (nSPS) is 17.7. The molecule has 10 nitrogen and oxygen atoms in total. The van der Waals surface area contributed by atoms with Gasteiger partial charge in [0.25, 0.3) is 5.56 Å². The van der Waals surface area contributed by atoms with Gasteiger partial charge in [-0.2, -0.15) is 8.42 Å². The Labute approximate surface area is 233 Å². The monoisotopic (exact) mass is 569 g/mol. The summed E-state index contributed by atoms with van der Waals surface area (Å²) < 4.78 is 38.8. The first kappa shape index (κ1) is 25.2. The molecule has 3 N–H and O–H groups in total. The van der Waals surface area contributed by atoms with Crippen LogP contribution in [0, 0.1) is 0 Å². The minimum absolute atomic E-state index is 0.0236. The molecule has 0 saturated carbocycles. The first-order valence-corrected chi connectivity index (χ1v) is 14.3. The fourth-order valence-electron chi connectivity index (χ4n) is 5.70. The van der Waals surface area contributed by atoms with Crippen molar-refractivity contribution in [3.8, 4) is 17.1 Å². The van der Waals surface area contributed by atoms with E-state index in [4.69, 9.17) is 19.6 Å². The highest BCUT2D eigenvalue weighted by molar-refractivity contribution is 7.87. The minimum Gasteiger partial charge on any atom is -0.458 e. The van der Waals surface area contributed by atoms with E-state index in [0.717, 1.165) is 5.39 Å².